The van der Waals surface area contributed by atoms with Crippen molar-refractivity contribution >= 4 is 23.5 Å². The Balaban J connectivity index is 2.06. The second-order valence-corrected chi connectivity index (χ2v) is 12.2. The maximum atomic E-state index is 13.6. The fraction of sp³-hybridized carbons (Fsp3) is 0.857. The van der Waals surface area contributed by atoms with Gasteiger partial charge in [0.1, 0.15) is 12.1 Å². The standard InChI is InChI=1S/C28H49N3O5/c1-9-21(20(3)32)29(10-2)25(34)23-14-12-18-31(23)26(35)22-13-11-17-30(22)24(33)15-16-28(7,8)36-19-27(4,5)6/h21-23H,9-19H2,1-8H3. The third-order valence-electron chi connectivity index (χ3n) is 7.37. The number of hydrogen-bond donors (Lipinski definition) is 0. The first-order chi connectivity index (χ1) is 16.7. The van der Waals surface area contributed by atoms with Crippen LogP contribution in [0.1, 0.15) is 100 Å². The number of carbonyl (C=O) groups is 4. The Labute approximate surface area is 218 Å². The predicted molar refractivity (Wildman–Crippen MR) is 140 cm³/mol. The van der Waals surface area contributed by atoms with Crippen molar-refractivity contribution < 1.29 is 23.9 Å². The van der Waals surface area contributed by atoms with Gasteiger partial charge >= 0.3 is 0 Å². The summed E-state index contributed by atoms with van der Waals surface area (Å²) in [5, 5.41) is 0. The summed E-state index contributed by atoms with van der Waals surface area (Å²) >= 11 is 0. The van der Waals surface area contributed by atoms with Crippen molar-refractivity contribution in [3.05, 3.63) is 0 Å². The minimum Gasteiger partial charge on any atom is -0.375 e. The van der Waals surface area contributed by atoms with Crippen LogP contribution in [0, 0.1) is 5.41 Å². The van der Waals surface area contributed by atoms with E-state index in [9.17, 15) is 19.2 Å². The molecule has 2 aliphatic rings. The zero-order valence-electron chi connectivity index (χ0n) is 23.9. The zero-order chi connectivity index (χ0) is 27.3. The first-order valence-corrected chi connectivity index (χ1v) is 13.8. The molecule has 0 aromatic rings. The number of nitrogens with zero attached hydrogens (tertiary/aromatic N) is 3. The van der Waals surface area contributed by atoms with E-state index >= 15 is 0 Å². The van der Waals surface area contributed by atoms with Gasteiger partial charge in [0, 0.05) is 26.1 Å². The topological polar surface area (TPSA) is 87.2 Å². The molecule has 3 unspecified atom stereocenters. The highest BCUT2D eigenvalue weighted by Gasteiger charge is 2.44. The Morgan fingerprint density at radius 2 is 1.53 bits per heavy atom. The maximum absolute atomic E-state index is 13.6. The average Bonchev–Trinajstić information content (AvgIpc) is 3.48. The first-order valence-electron chi connectivity index (χ1n) is 13.8. The number of carbonyl (C=O) groups excluding carboxylic acids is 4. The van der Waals surface area contributed by atoms with Gasteiger partial charge in [-0.05, 0) is 71.6 Å². The van der Waals surface area contributed by atoms with E-state index in [0.29, 0.717) is 58.3 Å². The highest BCUT2D eigenvalue weighted by atomic mass is 16.5. The number of Topliss-reactive ketones (excluding diaryl/α,β-unsaturated/α-hetero) is 1. The third kappa shape index (κ3) is 7.77. The van der Waals surface area contributed by atoms with Crippen LogP contribution in [-0.2, 0) is 23.9 Å². The molecule has 8 nitrogen and oxygen atoms in total. The lowest BCUT2D eigenvalue weighted by molar-refractivity contribution is -0.151. The number of ether oxygens (including phenoxy) is 1. The van der Waals surface area contributed by atoms with Crippen molar-refractivity contribution in [2.45, 2.75) is 124 Å². The summed E-state index contributed by atoms with van der Waals surface area (Å²) in [5.74, 6) is -0.352. The number of hydrogen-bond acceptors (Lipinski definition) is 5. The van der Waals surface area contributed by atoms with Crippen LogP contribution in [-0.4, -0.2) is 88.2 Å². The Hall–Kier alpha value is -1.96. The lowest BCUT2D eigenvalue weighted by Gasteiger charge is -2.36. The lowest BCUT2D eigenvalue weighted by Crippen LogP contribution is -2.55. The number of amides is 3. The van der Waals surface area contributed by atoms with Gasteiger partial charge in [-0.3, -0.25) is 19.2 Å². The molecule has 0 saturated carbocycles. The summed E-state index contributed by atoms with van der Waals surface area (Å²) in [6.07, 6.45) is 4.20. The number of ketones is 1. The Bertz CT molecular complexity index is 803. The van der Waals surface area contributed by atoms with Crippen molar-refractivity contribution in [2.24, 2.45) is 5.41 Å². The van der Waals surface area contributed by atoms with Crippen molar-refractivity contribution in [1.82, 2.24) is 14.7 Å². The molecule has 2 fully saturated rings. The smallest absolute Gasteiger partial charge is 0.246 e. The highest BCUT2D eigenvalue weighted by molar-refractivity contribution is 5.95. The van der Waals surface area contributed by atoms with Gasteiger partial charge in [0.25, 0.3) is 0 Å². The quantitative estimate of drug-likeness (QED) is 0.424. The predicted octanol–water partition coefficient (Wildman–Crippen LogP) is 3.81. The summed E-state index contributed by atoms with van der Waals surface area (Å²) in [7, 11) is 0. The minimum atomic E-state index is -0.562. The molecule has 2 aliphatic heterocycles. The van der Waals surface area contributed by atoms with Gasteiger partial charge in [-0.2, -0.15) is 0 Å². The third-order valence-corrected chi connectivity index (χ3v) is 7.37. The normalized spacial score (nSPS) is 21.6. The molecule has 0 aromatic carbocycles. The second-order valence-electron chi connectivity index (χ2n) is 12.2. The van der Waals surface area contributed by atoms with Crippen LogP contribution in [0.5, 0.6) is 0 Å². The van der Waals surface area contributed by atoms with Gasteiger partial charge in [0.15, 0.2) is 5.78 Å². The van der Waals surface area contributed by atoms with E-state index in [-0.39, 0.29) is 28.9 Å². The highest BCUT2D eigenvalue weighted by Crippen LogP contribution is 2.28. The van der Waals surface area contributed by atoms with Crippen LogP contribution in [0.3, 0.4) is 0 Å². The molecular formula is C28H49N3O5. The molecule has 2 saturated heterocycles. The Kier molecular flexibility index (Phi) is 10.5. The van der Waals surface area contributed by atoms with Crippen LogP contribution >= 0.6 is 0 Å². The molecular weight excluding hydrogens is 458 g/mol. The van der Waals surface area contributed by atoms with Crippen molar-refractivity contribution in [1.29, 1.82) is 0 Å². The van der Waals surface area contributed by atoms with Crippen LogP contribution in [0.15, 0.2) is 0 Å². The van der Waals surface area contributed by atoms with E-state index in [1.807, 2.05) is 27.7 Å². The minimum absolute atomic E-state index is 0.0295. The van der Waals surface area contributed by atoms with Gasteiger partial charge in [-0.25, -0.2) is 0 Å². The SMILES string of the molecule is CCC(C(C)=O)N(CC)C(=O)C1CCCN1C(=O)C1CCCN1C(=O)CCC(C)(C)OCC(C)(C)C. The molecule has 8 heteroatoms. The van der Waals surface area contributed by atoms with Gasteiger partial charge in [-0.1, -0.05) is 27.7 Å². The fourth-order valence-electron chi connectivity index (χ4n) is 5.28. The molecule has 0 N–H and O–H groups in total. The molecule has 36 heavy (non-hydrogen) atoms. The molecule has 2 rings (SSSR count). The average molecular weight is 508 g/mol. The van der Waals surface area contributed by atoms with Gasteiger partial charge in [0.2, 0.25) is 17.7 Å². The number of likely N-dealkylation sites (tertiary alicyclic amines) is 2. The van der Waals surface area contributed by atoms with Crippen LogP contribution in [0.25, 0.3) is 0 Å². The second kappa shape index (κ2) is 12.5. The van der Waals surface area contributed by atoms with E-state index in [1.54, 1.807) is 14.7 Å². The van der Waals surface area contributed by atoms with Gasteiger partial charge in [0.05, 0.1) is 18.2 Å². The summed E-state index contributed by atoms with van der Waals surface area (Å²) in [6, 6.07) is -1.55. The Morgan fingerprint density at radius 3 is 2.06 bits per heavy atom. The van der Waals surface area contributed by atoms with Gasteiger partial charge < -0.3 is 19.4 Å². The van der Waals surface area contributed by atoms with Crippen molar-refractivity contribution in [2.75, 3.05) is 26.2 Å². The molecule has 0 aromatic heterocycles. The number of rotatable bonds is 11. The molecule has 3 amide bonds. The first kappa shape index (κ1) is 30.3. The summed E-state index contributed by atoms with van der Waals surface area (Å²) < 4.78 is 6.07. The monoisotopic (exact) mass is 507 g/mol. The number of likely N-dealkylation sites (N-methyl/N-ethyl adjacent to an activating group) is 1. The van der Waals surface area contributed by atoms with E-state index in [2.05, 4.69) is 20.8 Å². The van der Waals surface area contributed by atoms with E-state index in [1.165, 1.54) is 6.92 Å². The van der Waals surface area contributed by atoms with Crippen molar-refractivity contribution in [3.63, 3.8) is 0 Å². The molecule has 0 aliphatic carbocycles. The summed E-state index contributed by atoms with van der Waals surface area (Å²) in [4.78, 5) is 57.4. The van der Waals surface area contributed by atoms with E-state index in [0.717, 1.165) is 12.8 Å². The fourth-order valence-corrected chi connectivity index (χ4v) is 5.28. The maximum Gasteiger partial charge on any atom is 0.246 e. The largest absolute Gasteiger partial charge is 0.375 e. The Morgan fingerprint density at radius 1 is 0.944 bits per heavy atom. The van der Waals surface area contributed by atoms with Crippen LogP contribution in [0.4, 0.5) is 0 Å². The molecule has 3 atom stereocenters. The summed E-state index contributed by atoms with van der Waals surface area (Å²) in [6.45, 7) is 17.8. The van der Waals surface area contributed by atoms with Gasteiger partial charge in [-0.15, -0.1) is 0 Å². The zero-order valence-corrected chi connectivity index (χ0v) is 23.9. The van der Waals surface area contributed by atoms with Crippen LogP contribution in [0.2, 0.25) is 0 Å². The van der Waals surface area contributed by atoms with E-state index < -0.39 is 23.7 Å². The molecule has 0 bridgehead atoms. The molecule has 206 valence electrons. The van der Waals surface area contributed by atoms with Crippen LogP contribution < -0.4 is 0 Å². The molecule has 0 spiro atoms. The molecule has 0 radical (unpaired) electrons. The lowest BCUT2D eigenvalue weighted by atomic mass is 9.96. The van der Waals surface area contributed by atoms with E-state index in [4.69, 9.17) is 4.74 Å². The van der Waals surface area contributed by atoms with Crippen molar-refractivity contribution in [3.8, 4) is 0 Å². The summed E-state index contributed by atoms with van der Waals surface area (Å²) in [5.41, 5.74) is -0.378. The molecule has 2 heterocycles.